The molecule has 490 valence electrons. The van der Waals surface area contributed by atoms with Gasteiger partial charge in [0, 0.05) is 47.6 Å². The van der Waals surface area contributed by atoms with Gasteiger partial charge >= 0.3 is 0 Å². The molecule has 7 saturated carbocycles. The second kappa shape index (κ2) is 21.8. The van der Waals surface area contributed by atoms with E-state index in [4.69, 9.17) is 9.47 Å². The van der Waals surface area contributed by atoms with Crippen LogP contribution in [0, 0.1) is 91.7 Å². The third kappa shape index (κ3) is 8.59. The molecule has 0 radical (unpaired) electrons. The minimum Gasteiger partial charge on any atom is -0.511 e. The number of dihydropyridines is 1. The summed E-state index contributed by atoms with van der Waals surface area (Å²) in [5.74, 6) is 5.09. The number of Topliss-reactive ketones (excluding diaryl/α,β-unsaturated/α-hetero) is 2. The number of phenolic OH excluding ortho intramolecular Hbond substituents is 1. The minimum atomic E-state index is -2.39. The number of fused-ring (bicyclic) bond motifs is 5. The van der Waals surface area contributed by atoms with Crippen LogP contribution in [-0.4, -0.2) is 119 Å². The van der Waals surface area contributed by atoms with E-state index in [1.165, 1.54) is 58.8 Å². The quantitative estimate of drug-likeness (QED) is 0.0572. The third-order valence-corrected chi connectivity index (χ3v) is 30.3. The van der Waals surface area contributed by atoms with E-state index >= 15 is 9.59 Å². The second-order valence-electron chi connectivity index (χ2n) is 31.8. The van der Waals surface area contributed by atoms with Gasteiger partial charge in [0.1, 0.15) is 52.4 Å². The fourth-order valence-corrected chi connectivity index (χ4v) is 27.4. The van der Waals surface area contributed by atoms with Gasteiger partial charge in [-0.15, -0.1) is 0 Å². The van der Waals surface area contributed by atoms with E-state index in [0.717, 1.165) is 98.7 Å². The highest BCUT2D eigenvalue weighted by Crippen LogP contribution is 2.82. The number of aliphatic hydroxyl groups excluding tert-OH is 6. The Hall–Kier alpha value is -5.39. The lowest BCUT2D eigenvalue weighted by molar-refractivity contribution is -0.392. The molecule has 20 atom stereocenters. The third-order valence-electron chi connectivity index (χ3n) is 27.6. The Morgan fingerprint density at radius 3 is 2.52 bits per heavy atom. The van der Waals surface area contributed by atoms with Crippen LogP contribution in [0.5, 0.6) is 11.5 Å². The van der Waals surface area contributed by atoms with Gasteiger partial charge in [-0.25, -0.2) is 0 Å². The molecule has 8 fully saturated rings. The van der Waals surface area contributed by atoms with E-state index in [-0.39, 0.29) is 101 Å². The molecule has 3 aromatic rings. The van der Waals surface area contributed by atoms with Gasteiger partial charge in [0.05, 0.1) is 42.0 Å². The first-order chi connectivity index (χ1) is 44.9. The summed E-state index contributed by atoms with van der Waals surface area (Å²) < 4.78 is 13.8. The minimum absolute atomic E-state index is 0.0370. The maximum Gasteiger partial charge on any atom is 0.229 e. The van der Waals surface area contributed by atoms with Gasteiger partial charge in [0.15, 0.2) is 11.6 Å². The largest absolute Gasteiger partial charge is 0.511 e. The zero-order valence-electron chi connectivity index (χ0n) is 52.6. The monoisotopic (exact) mass is 1300 g/mol. The van der Waals surface area contributed by atoms with Crippen LogP contribution in [0.4, 0.5) is 0 Å². The second-order valence-corrected chi connectivity index (χ2v) is 34.4. The van der Waals surface area contributed by atoms with Crippen LogP contribution in [0.25, 0.3) is 0 Å². The molecule has 10 N–H and O–H groups in total. The van der Waals surface area contributed by atoms with Crippen molar-refractivity contribution < 1.29 is 64.7 Å². The van der Waals surface area contributed by atoms with Crippen LogP contribution in [-0.2, 0) is 29.0 Å². The molecule has 93 heavy (non-hydrogen) atoms. The normalized spacial score (nSPS) is 43.6. The molecular formula is C76H86N2O13S2. The highest BCUT2D eigenvalue weighted by Gasteiger charge is 2.80. The van der Waals surface area contributed by atoms with Crippen molar-refractivity contribution in [3.05, 3.63) is 141 Å². The summed E-state index contributed by atoms with van der Waals surface area (Å²) >= 11 is 0. The van der Waals surface area contributed by atoms with Crippen LogP contribution >= 0.6 is 21.6 Å². The van der Waals surface area contributed by atoms with E-state index < -0.39 is 81.2 Å². The number of aldehydes is 1. The Morgan fingerprint density at radius 1 is 0.849 bits per heavy atom. The van der Waals surface area contributed by atoms with Crippen molar-refractivity contribution >= 4 is 39.4 Å². The van der Waals surface area contributed by atoms with Crippen molar-refractivity contribution in [1.82, 2.24) is 10.6 Å². The van der Waals surface area contributed by atoms with Gasteiger partial charge < -0.3 is 65.8 Å². The Labute approximate surface area is 551 Å². The zero-order chi connectivity index (χ0) is 63.8. The maximum atomic E-state index is 16.3. The summed E-state index contributed by atoms with van der Waals surface area (Å²) in [6.45, 7) is -0.596. The van der Waals surface area contributed by atoms with Crippen molar-refractivity contribution in [2.45, 2.75) is 170 Å². The lowest BCUT2D eigenvalue weighted by Gasteiger charge is -2.65. The van der Waals surface area contributed by atoms with Crippen LogP contribution < -0.4 is 15.4 Å². The highest BCUT2D eigenvalue weighted by molar-refractivity contribution is 8.76. The van der Waals surface area contributed by atoms with Crippen molar-refractivity contribution in [2.75, 3.05) is 25.6 Å². The summed E-state index contributed by atoms with van der Waals surface area (Å²) in [6, 6.07) is 18.0. The lowest BCUT2D eigenvalue weighted by atomic mass is 9.46. The molecule has 13 bridgehead atoms. The van der Waals surface area contributed by atoms with Gasteiger partial charge in [-0.1, -0.05) is 88.0 Å². The van der Waals surface area contributed by atoms with E-state index in [1.807, 2.05) is 30.3 Å². The zero-order valence-corrected chi connectivity index (χ0v) is 54.3. The first-order valence-corrected chi connectivity index (χ1v) is 36.9. The summed E-state index contributed by atoms with van der Waals surface area (Å²) in [6.07, 6.45) is 17.4. The number of ether oxygens (including phenoxy) is 2. The lowest BCUT2D eigenvalue weighted by Crippen LogP contribution is -2.81. The predicted octanol–water partition coefficient (Wildman–Crippen LogP) is 9.64. The summed E-state index contributed by atoms with van der Waals surface area (Å²) in [5.41, 5.74) is -0.984. The Bertz CT molecular complexity index is 3870. The Balaban J connectivity index is 0.769. The molecule has 15 nitrogen and oxygen atoms in total. The molecule has 6 spiro atoms. The number of carbonyl (C=O) groups excluding carboxylic acids is 3. The highest BCUT2D eigenvalue weighted by atomic mass is 33.1. The number of benzene rings is 3. The topological polar surface area (TPSA) is 256 Å². The molecule has 20 unspecified atom stereocenters. The number of hydrogen-bond acceptors (Lipinski definition) is 17. The van der Waals surface area contributed by atoms with Crippen molar-refractivity contribution in [3.8, 4) is 23.3 Å². The fourth-order valence-electron chi connectivity index (χ4n) is 24.6. The number of nitrogens with one attached hydrogen (secondary N) is 2. The summed E-state index contributed by atoms with van der Waals surface area (Å²) in [5, 5.41) is 104. The number of aliphatic hydroxyl groups is 7. The molecule has 12 aliphatic carbocycles. The number of carbonyl (C=O) groups is 3. The van der Waals surface area contributed by atoms with Crippen LogP contribution in [0.1, 0.15) is 159 Å². The molecule has 0 aromatic heterocycles. The van der Waals surface area contributed by atoms with Crippen LogP contribution in [0.3, 0.4) is 0 Å². The fraction of sp³-hybridized carbons (Fsp3) is 0.592. The van der Waals surface area contributed by atoms with E-state index in [1.54, 1.807) is 30.4 Å². The molecular weight excluding hydrogens is 1210 g/mol. The number of allylic oxidation sites excluding steroid dienone is 6. The molecule has 15 aliphatic rings. The average molecular weight is 1300 g/mol. The number of phenols is 1. The first-order valence-electron chi connectivity index (χ1n) is 34.6. The van der Waals surface area contributed by atoms with Crippen molar-refractivity contribution in [2.24, 2.45) is 79.8 Å². The predicted molar refractivity (Wildman–Crippen MR) is 350 cm³/mol. The smallest absolute Gasteiger partial charge is 0.229 e. The first kappa shape index (κ1) is 61.2. The van der Waals surface area contributed by atoms with Crippen LogP contribution in [0.2, 0.25) is 0 Å². The van der Waals surface area contributed by atoms with E-state index in [9.17, 15) is 45.6 Å². The maximum absolute atomic E-state index is 16.3. The number of ketones is 2. The standard InChI is InChI=1S/C76H86N2O13S2/c79-19-5-14-60-75-56(23-45(24-59(75)84)21-43-7-1-8-44(20-43)35-80)63(85)53-11-4-13-58(62(53)65(75)86)90-67-66(87)76(89)64-49(31-73(40-82,91-67)68(76)88)25-48-26-50-33-70(39-74(50,64)55-27-61(77-34-54(48)55)78-41-92-93-60)37-69(32-51(70)36-81)17-18-72(38-69)30-46-22-47-9-3-12-57(83)52(47)10-2-6-42-15-16-71(72,28-42)29-46/h1,3-4,7-9,11-13,20,23-24,27,36,42,46,48-51,56,60,64,66-68,77-80,82-84,87-89H,5-6,14-19,21-22,25-26,28-35,37-41H2. The molecule has 1 saturated heterocycles. The number of aromatic hydroxyl groups is 1. The average Bonchev–Trinajstić information content (AvgIpc) is 1.60. The van der Waals surface area contributed by atoms with Crippen molar-refractivity contribution in [3.63, 3.8) is 0 Å². The van der Waals surface area contributed by atoms with E-state index in [2.05, 4.69) is 34.6 Å². The van der Waals surface area contributed by atoms with Gasteiger partial charge in [0.2, 0.25) is 6.29 Å². The SMILES string of the molecule is O=CC1CC2(CCC3(CC4Cc5cccc(O)c5C#CCC5CCC3(C5)C4)C2)CC12CC1CC3CC4CC5(CO)OC6Oc7cccc8c7C(=O)C7(C(O)=CC(Cc9cccc(CO)c9)=CC7C8=O)C(CCCO)SSCNC7=CC(=C3CN7)C1(C2)C4C(O)(C6O)C5O. The van der Waals surface area contributed by atoms with E-state index in [0.29, 0.717) is 54.7 Å². The Kier molecular flexibility index (Phi) is 14.4. The molecule has 3 aromatic carbocycles. The van der Waals surface area contributed by atoms with Gasteiger partial charge in [-0.3, -0.25) is 9.59 Å². The van der Waals surface area contributed by atoms with Gasteiger partial charge in [-0.2, -0.15) is 0 Å². The molecule has 18 rings (SSSR count). The van der Waals surface area contributed by atoms with Gasteiger partial charge in [0.25, 0.3) is 0 Å². The van der Waals surface area contributed by atoms with Crippen LogP contribution in [0.15, 0.2) is 107 Å². The molecule has 0 amide bonds. The van der Waals surface area contributed by atoms with Gasteiger partial charge in [-0.05, 0) is 231 Å². The summed E-state index contributed by atoms with van der Waals surface area (Å²) in [4.78, 5) is 46.4. The molecule has 3 aliphatic heterocycles. The number of hydrogen-bond donors (Lipinski definition) is 10. The summed E-state index contributed by atoms with van der Waals surface area (Å²) in [7, 11) is 2.83. The van der Waals surface area contributed by atoms with Crippen molar-refractivity contribution in [1.29, 1.82) is 0 Å². The number of rotatable bonds is 8. The molecule has 3 heterocycles. The Morgan fingerprint density at radius 2 is 1.68 bits per heavy atom. The molecule has 17 heteroatoms.